The molecule has 1 amide bonds. The van der Waals surface area contributed by atoms with Crippen LogP contribution in [0.5, 0.6) is 0 Å². The first-order valence-electron chi connectivity index (χ1n) is 5.37. The molecule has 0 heterocycles. The fourth-order valence-corrected chi connectivity index (χ4v) is 2.31. The molecule has 0 spiro atoms. The van der Waals surface area contributed by atoms with Crippen LogP contribution in [0, 0.1) is 0 Å². The molecule has 1 aliphatic rings. The summed E-state index contributed by atoms with van der Waals surface area (Å²) in [5.41, 5.74) is 0. The van der Waals surface area contributed by atoms with Crippen molar-refractivity contribution in [2.24, 2.45) is 0 Å². The summed E-state index contributed by atoms with van der Waals surface area (Å²) in [5, 5.41) is 3.63. The standard InChI is InChI=1S/C12H13NO3S/c14-12(13-10-6-7-10)8-9-17(15,16)11-4-2-1-3-5-11/h1-5,8-10H,6-7H2,(H,13,14). The van der Waals surface area contributed by atoms with Gasteiger partial charge in [0.2, 0.25) is 5.91 Å². The van der Waals surface area contributed by atoms with Crippen molar-refractivity contribution in [1.29, 1.82) is 0 Å². The van der Waals surface area contributed by atoms with Crippen LogP contribution in [0.1, 0.15) is 12.8 Å². The Morgan fingerprint density at radius 2 is 1.88 bits per heavy atom. The SMILES string of the molecule is O=C(C=CS(=O)(=O)c1ccccc1)NC1CC1. The van der Waals surface area contributed by atoms with Crippen molar-refractivity contribution in [2.75, 3.05) is 0 Å². The Kier molecular flexibility index (Phi) is 3.28. The summed E-state index contributed by atoms with van der Waals surface area (Å²) in [6, 6.07) is 8.25. The van der Waals surface area contributed by atoms with Gasteiger partial charge in [0, 0.05) is 17.5 Å². The van der Waals surface area contributed by atoms with Crippen molar-refractivity contribution >= 4 is 15.7 Å². The minimum atomic E-state index is -3.51. The number of hydrogen-bond donors (Lipinski definition) is 1. The van der Waals surface area contributed by atoms with E-state index in [-0.39, 0.29) is 16.8 Å². The molecule has 0 radical (unpaired) electrons. The van der Waals surface area contributed by atoms with Crippen molar-refractivity contribution in [2.45, 2.75) is 23.8 Å². The number of carbonyl (C=O) groups excluding carboxylic acids is 1. The van der Waals surface area contributed by atoms with Gasteiger partial charge in [0.25, 0.3) is 0 Å². The van der Waals surface area contributed by atoms with Gasteiger partial charge in [-0.2, -0.15) is 0 Å². The van der Waals surface area contributed by atoms with Crippen LogP contribution in [0.3, 0.4) is 0 Å². The number of hydrogen-bond acceptors (Lipinski definition) is 3. The molecule has 0 aliphatic heterocycles. The molecule has 90 valence electrons. The zero-order valence-electron chi connectivity index (χ0n) is 9.17. The fourth-order valence-electron chi connectivity index (χ4n) is 1.32. The van der Waals surface area contributed by atoms with Crippen LogP contribution >= 0.6 is 0 Å². The molecule has 0 saturated heterocycles. The van der Waals surface area contributed by atoms with Gasteiger partial charge in [-0.3, -0.25) is 4.79 Å². The molecule has 0 aromatic heterocycles. The molecule has 5 heteroatoms. The highest BCUT2D eigenvalue weighted by atomic mass is 32.2. The second kappa shape index (κ2) is 4.71. The van der Waals surface area contributed by atoms with Crippen molar-refractivity contribution in [3.63, 3.8) is 0 Å². The average molecular weight is 251 g/mol. The lowest BCUT2D eigenvalue weighted by atomic mass is 10.4. The first-order valence-corrected chi connectivity index (χ1v) is 6.91. The molecule has 1 fully saturated rings. The Bertz CT molecular complexity index is 530. The van der Waals surface area contributed by atoms with E-state index < -0.39 is 9.84 Å². The second-order valence-corrected chi connectivity index (χ2v) is 5.78. The van der Waals surface area contributed by atoms with Crippen molar-refractivity contribution in [3.05, 3.63) is 41.8 Å². The van der Waals surface area contributed by atoms with Crippen molar-refractivity contribution in [3.8, 4) is 0 Å². The predicted octanol–water partition coefficient (Wildman–Crippen LogP) is 1.25. The van der Waals surface area contributed by atoms with E-state index in [4.69, 9.17) is 0 Å². The van der Waals surface area contributed by atoms with Gasteiger partial charge in [0.1, 0.15) is 0 Å². The van der Waals surface area contributed by atoms with Crippen LogP contribution in [0.15, 0.2) is 46.7 Å². The second-order valence-electron chi connectivity index (χ2n) is 3.94. The number of amides is 1. The van der Waals surface area contributed by atoms with Gasteiger partial charge in [-0.15, -0.1) is 0 Å². The number of benzene rings is 1. The van der Waals surface area contributed by atoms with E-state index >= 15 is 0 Å². The summed E-state index contributed by atoms with van der Waals surface area (Å²) in [6.45, 7) is 0. The Morgan fingerprint density at radius 1 is 1.24 bits per heavy atom. The van der Waals surface area contributed by atoms with E-state index in [0.29, 0.717) is 0 Å². The molecular weight excluding hydrogens is 238 g/mol. The smallest absolute Gasteiger partial charge is 0.244 e. The van der Waals surface area contributed by atoms with Gasteiger partial charge in [0.05, 0.1) is 4.90 Å². The maximum absolute atomic E-state index is 11.8. The third-order valence-electron chi connectivity index (χ3n) is 2.39. The summed E-state index contributed by atoms with van der Waals surface area (Å²) in [5.74, 6) is -0.355. The molecule has 0 bridgehead atoms. The zero-order chi connectivity index (χ0) is 12.3. The van der Waals surface area contributed by atoms with E-state index in [1.807, 2.05) is 0 Å². The van der Waals surface area contributed by atoms with E-state index in [9.17, 15) is 13.2 Å². The highest BCUT2D eigenvalue weighted by Crippen LogP contribution is 2.18. The van der Waals surface area contributed by atoms with E-state index in [2.05, 4.69) is 5.32 Å². The minimum absolute atomic E-state index is 0.190. The average Bonchev–Trinajstić information content (AvgIpc) is 3.12. The summed E-state index contributed by atoms with van der Waals surface area (Å²) in [6.07, 6.45) is 3.02. The molecule has 1 aliphatic carbocycles. The molecule has 4 nitrogen and oxygen atoms in total. The van der Waals surface area contributed by atoms with Gasteiger partial charge < -0.3 is 5.32 Å². The topological polar surface area (TPSA) is 63.2 Å². The predicted molar refractivity (Wildman–Crippen MR) is 63.9 cm³/mol. The maximum Gasteiger partial charge on any atom is 0.244 e. The zero-order valence-corrected chi connectivity index (χ0v) is 9.98. The van der Waals surface area contributed by atoms with E-state index in [0.717, 1.165) is 24.3 Å². The molecule has 0 unspecified atom stereocenters. The monoisotopic (exact) mass is 251 g/mol. The first-order chi connectivity index (χ1) is 8.08. The highest BCUT2D eigenvalue weighted by Gasteiger charge is 2.22. The lowest BCUT2D eigenvalue weighted by molar-refractivity contribution is -0.116. The molecule has 1 aromatic rings. The molecule has 17 heavy (non-hydrogen) atoms. The van der Waals surface area contributed by atoms with Gasteiger partial charge >= 0.3 is 0 Å². The van der Waals surface area contributed by atoms with Crippen LogP contribution in [0.4, 0.5) is 0 Å². The molecule has 1 aromatic carbocycles. The minimum Gasteiger partial charge on any atom is -0.350 e. The van der Waals surface area contributed by atoms with Gasteiger partial charge in [-0.05, 0) is 25.0 Å². The van der Waals surface area contributed by atoms with Gasteiger partial charge in [-0.1, -0.05) is 18.2 Å². The Labute approximate surface area is 100 Å². The molecule has 0 atom stereocenters. The van der Waals surface area contributed by atoms with Crippen LogP contribution < -0.4 is 5.32 Å². The lowest BCUT2D eigenvalue weighted by Crippen LogP contribution is -2.23. The Morgan fingerprint density at radius 3 is 2.47 bits per heavy atom. The first kappa shape index (κ1) is 11.9. The van der Waals surface area contributed by atoms with Gasteiger partial charge in [0.15, 0.2) is 9.84 Å². The summed E-state index contributed by atoms with van der Waals surface area (Å²) in [7, 11) is -3.51. The number of sulfone groups is 1. The largest absolute Gasteiger partial charge is 0.350 e. The molecule has 1 N–H and O–H groups in total. The molecular formula is C12H13NO3S. The van der Waals surface area contributed by atoms with Crippen LogP contribution in [0.2, 0.25) is 0 Å². The summed E-state index contributed by atoms with van der Waals surface area (Å²) >= 11 is 0. The Hall–Kier alpha value is -1.62. The lowest BCUT2D eigenvalue weighted by Gasteiger charge is -1.99. The van der Waals surface area contributed by atoms with Gasteiger partial charge in [-0.25, -0.2) is 8.42 Å². The number of carbonyl (C=O) groups is 1. The van der Waals surface area contributed by atoms with Crippen LogP contribution in [-0.4, -0.2) is 20.4 Å². The Balaban J connectivity index is 2.06. The fraction of sp³-hybridized carbons (Fsp3) is 0.250. The quantitative estimate of drug-likeness (QED) is 0.819. The van der Waals surface area contributed by atoms with E-state index in [1.54, 1.807) is 18.2 Å². The maximum atomic E-state index is 11.8. The molecule has 2 rings (SSSR count). The van der Waals surface area contributed by atoms with E-state index in [1.165, 1.54) is 12.1 Å². The summed E-state index contributed by atoms with van der Waals surface area (Å²) < 4.78 is 23.5. The molecule has 1 saturated carbocycles. The number of rotatable bonds is 4. The third kappa shape index (κ3) is 3.42. The van der Waals surface area contributed by atoms with Crippen molar-refractivity contribution < 1.29 is 13.2 Å². The highest BCUT2D eigenvalue weighted by molar-refractivity contribution is 7.94. The third-order valence-corrected chi connectivity index (χ3v) is 3.82. The summed E-state index contributed by atoms with van der Waals surface area (Å²) in [4.78, 5) is 11.5. The normalized spacial score (nSPS) is 16.0. The van der Waals surface area contributed by atoms with Crippen molar-refractivity contribution in [1.82, 2.24) is 5.32 Å². The van der Waals surface area contributed by atoms with Crippen LogP contribution in [-0.2, 0) is 14.6 Å². The van der Waals surface area contributed by atoms with Crippen LogP contribution in [0.25, 0.3) is 0 Å². The number of nitrogens with one attached hydrogen (secondary N) is 1.